The van der Waals surface area contributed by atoms with E-state index in [0.29, 0.717) is 21.9 Å². The highest BCUT2D eigenvalue weighted by atomic mass is 79.9. The van der Waals surface area contributed by atoms with E-state index < -0.39 is 0 Å². The standard InChI is InChI=1S/C13H13BrN2O4/c1-18-11-5-8(7-17)3-4-10(11)20-13-15-6-9(14)12(16-13)19-2/h3-6,17H,7H2,1-2H3. The van der Waals surface area contributed by atoms with Crippen LogP contribution in [0.5, 0.6) is 23.4 Å². The molecule has 0 spiro atoms. The van der Waals surface area contributed by atoms with Crippen molar-refractivity contribution in [2.45, 2.75) is 6.61 Å². The molecule has 0 radical (unpaired) electrons. The van der Waals surface area contributed by atoms with Crippen LogP contribution < -0.4 is 14.2 Å². The highest BCUT2D eigenvalue weighted by Gasteiger charge is 2.11. The molecule has 6 nitrogen and oxygen atoms in total. The fourth-order valence-electron chi connectivity index (χ4n) is 1.52. The lowest BCUT2D eigenvalue weighted by Crippen LogP contribution is -1.98. The number of hydrogen-bond acceptors (Lipinski definition) is 6. The summed E-state index contributed by atoms with van der Waals surface area (Å²) >= 11 is 3.27. The molecule has 0 saturated carbocycles. The third-order valence-electron chi connectivity index (χ3n) is 2.50. The molecule has 2 rings (SSSR count). The molecule has 0 saturated heterocycles. The summed E-state index contributed by atoms with van der Waals surface area (Å²) in [6, 6.07) is 5.24. The third kappa shape index (κ3) is 3.17. The van der Waals surface area contributed by atoms with Crippen molar-refractivity contribution in [3.8, 4) is 23.4 Å². The second kappa shape index (κ2) is 6.53. The largest absolute Gasteiger partial charge is 0.493 e. The maximum Gasteiger partial charge on any atom is 0.325 e. The summed E-state index contributed by atoms with van der Waals surface area (Å²) < 4.78 is 16.5. The molecule has 0 atom stereocenters. The Morgan fingerprint density at radius 2 is 2.00 bits per heavy atom. The maximum atomic E-state index is 9.09. The molecular weight excluding hydrogens is 328 g/mol. The van der Waals surface area contributed by atoms with E-state index >= 15 is 0 Å². The lowest BCUT2D eigenvalue weighted by molar-refractivity contribution is 0.280. The predicted octanol–water partition coefficient (Wildman–Crippen LogP) is 2.54. The van der Waals surface area contributed by atoms with Crippen molar-refractivity contribution in [3.05, 3.63) is 34.4 Å². The number of aliphatic hydroxyl groups excluding tert-OH is 1. The lowest BCUT2D eigenvalue weighted by Gasteiger charge is -2.10. The van der Waals surface area contributed by atoms with Gasteiger partial charge in [0.2, 0.25) is 5.88 Å². The molecule has 0 aliphatic heterocycles. The average molecular weight is 341 g/mol. The summed E-state index contributed by atoms with van der Waals surface area (Å²) in [5, 5.41) is 9.09. The molecule has 1 heterocycles. The Morgan fingerprint density at radius 3 is 2.65 bits per heavy atom. The quantitative estimate of drug-likeness (QED) is 0.901. The molecule has 1 N–H and O–H groups in total. The van der Waals surface area contributed by atoms with Crippen molar-refractivity contribution in [1.29, 1.82) is 0 Å². The summed E-state index contributed by atoms with van der Waals surface area (Å²) in [4.78, 5) is 8.13. The van der Waals surface area contributed by atoms with Crippen LogP contribution in [0, 0.1) is 0 Å². The van der Waals surface area contributed by atoms with E-state index in [1.807, 2.05) is 0 Å². The van der Waals surface area contributed by atoms with E-state index in [1.165, 1.54) is 20.4 Å². The molecule has 0 bridgehead atoms. The summed E-state index contributed by atoms with van der Waals surface area (Å²) in [5.41, 5.74) is 0.725. The van der Waals surface area contributed by atoms with E-state index in [-0.39, 0.29) is 12.6 Å². The Balaban J connectivity index is 2.29. The van der Waals surface area contributed by atoms with Crippen molar-refractivity contribution in [2.24, 2.45) is 0 Å². The van der Waals surface area contributed by atoms with Crippen molar-refractivity contribution in [1.82, 2.24) is 9.97 Å². The van der Waals surface area contributed by atoms with Gasteiger partial charge in [-0.2, -0.15) is 4.98 Å². The first-order valence-corrected chi connectivity index (χ1v) is 6.49. The molecule has 0 aliphatic rings. The highest BCUT2D eigenvalue weighted by Crippen LogP contribution is 2.32. The number of rotatable bonds is 5. The molecule has 1 aromatic heterocycles. The number of nitrogens with zero attached hydrogens (tertiary/aromatic N) is 2. The second-order valence-electron chi connectivity index (χ2n) is 3.76. The Kier molecular flexibility index (Phi) is 4.75. The first-order valence-electron chi connectivity index (χ1n) is 5.70. The zero-order valence-corrected chi connectivity index (χ0v) is 12.5. The summed E-state index contributed by atoms with van der Waals surface area (Å²) in [6.45, 7) is -0.0702. The van der Waals surface area contributed by atoms with E-state index in [9.17, 15) is 0 Å². The van der Waals surface area contributed by atoms with Gasteiger partial charge in [-0.1, -0.05) is 6.07 Å². The zero-order valence-electron chi connectivity index (χ0n) is 11.0. The van der Waals surface area contributed by atoms with Gasteiger partial charge in [-0.15, -0.1) is 0 Å². The first kappa shape index (κ1) is 14.5. The number of benzene rings is 1. The number of ether oxygens (including phenoxy) is 3. The van der Waals surface area contributed by atoms with Crippen LogP contribution >= 0.6 is 15.9 Å². The van der Waals surface area contributed by atoms with Gasteiger partial charge in [0.05, 0.1) is 31.5 Å². The minimum Gasteiger partial charge on any atom is -0.493 e. The number of aliphatic hydroxyl groups is 1. The van der Waals surface area contributed by atoms with Gasteiger partial charge in [-0.05, 0) is 33.6 Å². The summed E-state index contributed by atoms with van der Waals surface area (Å²) in [7, 11) is 3.03. The Bertz CT molecular complexity index is 607. The molecule has 2 aromatic rings. The Hall–Kier alpha value is -1.86. The monoisotopic (exact) mass is 340 g/mol. The fourth-order valence-corrected chi connectivity index (χ4v) is 1.87. The van der Waals surface area contributed by atoms with Gasteiger partial charge in [0.15, 0.2) is 11.5 Å². The fraction of sp³-hybridized carbons (Fsp3) is 0.231. The number of aromatic nitrogens is 2. The number of methoxy groups -OCH3 is 2. The van der Waals surface area contributed by atoms with Crippen LogP contribution in [0.25, 0.3) is 0 Å². The van der Waals surface area contributed by atoms with Gasteiger partial charge < -0.3 is 19.3 Å². The van der Waals surface area contributed by atoms with E-state index in [0.717, 1.165) is 5.56 Å². The molecule has 7 heteroatoms. The van der Waals surface area contributed by atoms with Crippen LogP contribution in [0.3, 0.4) is 0 Å². The Labute approximate surface area is 124 Å². The van der Waals surface area contributed by atoms with Crippen LogP contribution in [0.1, 0.15) is 5.56 Å². The molecule has 0 aliphatic carbocycles. The van der Waals surface area contributed by atoms with Gasteiger partial charge in [0.1, 0.15) is 0 Å². The molecule has 0 unspecified atom stereocenters. The Morgan fingerprint density at radius 1 is 1.20 bits per heavy atom. The summed E-state index contributed by atoms with van der Waals surface area (Å²) in [6.07, 6.45) is 1.54. The third-order valence-corrected chi connectivity index (χ3v) is 3.04. The van der Waals surface area contributed by atoms with Crippen molar-refractivity contribution < 1.29 is 19.3 Å². The van der Waals surface area contributed by atoms with Crippen LogP contribution in [-0.4, -0.2) is 29.3 Å². The molecule has 1 aromatic carbocycles. The van der Waals surface area contributed by atoms with Gasteiger partial charge in [0, 0.05) is 0 Å². The molecule has 20 heavy (non-hydrogen) atoms. The molecule has 106 valence electrons. The highest BCUT2D eigenvalue weighted by molar-refractivity contribution is 9.10. The second-order valence-corrected chi connectivity index (χ2v) is 4.61. The summed E-state index contributed by atoms with van der Waals surface area (Å²) in [5.74, 6) is 1.32. The minimum atomic E-state index is -0.0702. The van der Waals surface area contributed by atoms with Gasteiger partial charge in [0.25, 0.3) is 0 Å². The molecule has 0 fully saturated rings. The van der Waals surface area contributed by atoms with Crippen LogP contribution in [0.2, 0.25) is 0 Å². The zero-order chi connectivity index (χ0) is 14.5. The normalized spacial score (nSPS) is 10.2. The minimum absolute atomic E-state index is 0.0702. The predicted molar refractivity (Wildman–Crippen MR) is 75.3 cm³/mol. The van der Waals surface area contributed by atoms with Gasteiger partial charge in [-0.3, -0.25) is 0 Å². The van der Waals surface area contributed by atoms with Crippen LogP contribution in [0.15, 0.2) is 28.9 Å². The van der Waals surface area contributed by atoms with Crippen molar-refractivity contribution >= 4 is 15.9 Å². The SMILES string of the molecule is COc1cc(CO)ccc1Oc1ncc(Br)c(OC)n1. The van der Waals surface area contributed by atoms with E-state index in [1.54, 1.807) is 18.2 Å². The molecule has 0 amide bonds. The van der Waals surface area contributed by atoms with Gasteiger partial charge >= 0.3 is 6.01 Å². The number of halogens is 1. The van der Waals surface area contributed by atoms with Crippen molar-refractivity contribution in [2.75, 3.05) is 14.2 Å². The average Bonchev–Trinajstić information content (AvgIpc) is 2.49. The van der Waals surface area contributed by atoms with Gasteiger partial charge in [-0.25, -0.2) is 4.98 Å². The van der Waals surface area contributed by atoms with E-state index in [2.05, 4.69) is 25.9 Å². The van der Waals surface area contributed by atoms with Crippen LogP contribution in [0.4, 0.5) is 0 Å². The number of hydrogen-bond donors (Lipinski definition) is 1. The molecular formula is C13H13BrN2O4. The first-order chi connectivity index (χ1) is 9.67. The van der Waals surface area contributed by atoms with E-state index in [4.69, 9.17) is 19.3 Å². The lowest BCUT2D eigenvalue weighted by atomic mass is 10.2. The smallest absolute Gasteiger partial charge is 0.325 e. The van der Waals surface area contributed by atoms with Crippen molar-refractivity contribution in [3.63, 3.8) is 0 Å². The topological polar surface area (TPSA) is 73.7 Å². The van der Waals surface area contributed by atoms with Crippen LogP contribution in [-0.2, 0) is 6.61 Å². The maximum absolute atomic E-state index is 9.09.